The van der Waals surface area contributed by atoms with Crippen molar-refractivity contribution < 1.29 is 19.8 Å². The molecule has 0 radical (unpaired) electrons. The molecule has 1 heterocycles. The molecule has 1 atom stereocenters. The van der Waals surface area contributed by atoms with E-state index in [1.807, 2.05) is 19.1 Å². The fourth-order valence-corrected chi connectivity index (χ4v) is 4.33. The second-order valence-electron chi connectivity index (χ2n) is 8.68. The number of hydrogen-bond donors (Lipinski definition) is 3. The van der Waals surface area contributed by atoms with Crippen LogP contribution in [-0.2, 0) is 0 Å². The van der Waals surface area contributed by atoms with Crippen molar-refractivity contribution in [1.82, 2.24) is 0 Å². The van der Waals surface area contributed by atoms with Gasteiger partial charge in [-0.05, 0) is 58.7 Å². The van der Waals surface area contributed by atoms with Gasteiger partial charge in [0.05, 0.1) is 17.2 Å². The van der Waals surface area contributed by atoms with Crippen molar-refractivity contribution >= 4 is 0 Å². The first-order chi connectivity index (χ1) is 11.0. The zero-order valence-corrected chi connectivity index (χ0v) is 16.0. The van der Waals surface area contributed by atoms with Crippen molar-refractivity contribution in [2.24, 2.45) is 0 Å². The Morgan fingerprint density at radius 3 is 2.33 bits per heavy atom. The van der Waals surface area contributed by atoms with E-state index in [0.29, 0.717) is 13.2 Å². The molecule has 1 aromatic rings. The first-order valence-corrected chi connectivity index (χ1v) is 8.95. The van der Waals surface area contributed by atoms with E-state index < -0.39 is 6.10 Å². The van der Waals surface area contributed by atoms with Gasteiger partial charge in [0.2, 0.25) is 0 Å². The highest BCUT2D eigenvalue weighted by atomic mass is 16.5. The van der Waals surface area contributed by atoms with E-state index in [1.54, 1.807) is 0 Å². The lowest BCUT2D eigenvalue weighted by Gasteiger charge is -2.51. The Morgan fingerprint density at radius 1 is 1.17 bits per heavy atom. The molecular weight excluding hydrogens is 302 g/mol. The molecule has 1 saturated heterocycles. The van der Waals surface area contributed by atoms with Crippen LogP contribution in [0.5, 0.6) is 5.75 Å². The quantitative estimate of drug-likeness (QED) is 0.766. The van der Waals surface area contributed by atoms with Gasteiger partial charge < -0.3 is 19.8 Å². The van der Waals surface area contributed by atoms with Gasteiger partial charge in [-0.25, -0.2) is 0 Å². The van der Waals surface area contributed by atoms with Gasteiger partial charge in [-0.3, -0.25) is 0 Å². The number of aliphatic hydroxyl groups excluding tert-OH is 2. The molecule has 0 saturated carbocycles. The van der Waals surface area contributed by atoms with Crippen molar-refractivity contribution in [2.75, 3.05) is 13.2 Å². The standard InChI is InChI=1S/C20H33NO3/c1-14-8-7-9-18(15(14)2)24-13-17(23)12-21-19(3,4)10-16(22)11-20(21,5)6/h7-9,16-17,22-23H,10-13H2,1-6H3/p+1/t17-/m1/s1. The number of nitrogens with one attached hydrogen (secondary N) is 1. The number of rotatable bonds is 5. The largest absolute Gasteiger partial charge is 0.490 e. The molecule has 1 fully saturated rings. The molecule has 2 rings (SSSR count). The van der Waals surface area contributed by atoms with E-state index in [2.05, 4.69) is 40.7 Å². The second-order valence-corrected chi connectivity index (χ2v) is 8.68. The molecular formula is C20H34NO3+. The Kier molecular flexibility index (Phi) is 5.63. The maximum absolute atomic E-state index is 10.5. The number of benzene rings is 1. The Balaban J connectivity index is 2.00. The minimum absolute atomic E-state index is 0.0681. The molecule has 4 nitrogen and oxygen atoms in total. The van der Waals surface area contributed by atoms with E-state index in [-0.39, 0.29) is 17.2 Å². The summed E-state index contributed by atoms with van der Waals surface area (Å²) in [4.78, 5) is 1.33. The van der Waals surface area contributed by atoms with Crippen LogP contribution in [0.3, 0.4) is 0 Å². The summed E-state index contributed by atoms with van der Waals surface area (Å²) in [5.74, 6) is 0.844. The molecule has 1 aliphatic rings. The molecule has 1 aliphatic heterocycles. The van der Waals surface area contributed by atoms with Crippen LogP contribution in [-0.4, -0.2) is 46.7 Å². The molecule has 0 aromatic heterocycles. The van der Waals surface area contributed by atoms with Gasteiger partial charge in [-0.15, -0.1) is 0 Å². The lowest BCUT2D eigenvalue weighted by Crippen LogP contribution is -3.27. The molecule has 0 unspecified atom stereocenters. The minimum Gasteiger partial charge on any atom is -0.490 e. The van der Waals surface area contributed by atoms with Crippen LogP contribution in [0.1, 0.15) is 51.7 Å². The Hall–Kier alpha value is -1.10. The van der Waals surface area contributed by atoms with E-state index in [1.165, 1.54) is 10.5 Å². The fourth-order valence-electron chi connectivity index (χ4n) is 4.33. The maximum Gasteiger partial charge on any atom is 0.137 e. The SMILES string of the molecule is Cc1cccc(OC[C@H](O)C[NH+]2C(C)(C)CC(O)CC2(C)C)c1C. The lowest BCUT2D eigenvalue weighted by molar-refractivity contribution is -1.00. The van der Waals surface area contributed by atoms with Gasteiger partial charge in [0.15, 0.2) is 0 Å². The summed E-state index contributed by atoms with van der Waals surface area (Å²) in [7, 11) is 0. The highest BCUT2D eigenvalue weighted by Crippen LogP contribution is 2.24. The zero-order chi connectivity index (χ0) is 18.1. The number of likely N-dealkylation sites (tertiary alicyclic amines) is 1. The Morgan fingerprint density at radius 2 is 1.75 bits per heavy atom. The third-order valence-electron chi connectivity index (χ3n) is 5.55. The number of ether oxygens (including phenoxy) is 1. The van der Waals surface area contributed by atoms with Gasteiger partial charge >= 0.3 is 0 Å². The third kappa shape index (κ3) is 4.29. The molecule has 0 spiro atoms. The zero-order valence-electron chi connectivity index (χ0n) is 16.0. The molecule has 0 bridgehead atoms. The normalized spacial score (nSPS) is 26.8. The van der Waals surface area contributed by atoms with Crippen molar-refractivity contribution in [3.05, 3.63) is 29.3 Å². The fraction of sp³-hybridized carbons (Fsp3) is 0.700. The van der Waals surface area contributed by atoms with E-state index in [4.69, 9.17) is 4.74 Å². The van der Waals surface area contributed by atoms with Gasteiger partial charge in [0.1, 0.15) is 25.0 Å². The monoisotopic (exact) mass is 336 g/mol. The summed E-state index contributed by atoms with van der Waals surface area (Å²) < 4.78 is 5.87. The van der Waals surface area contributed by atoms with E-state index in [0.717, 1.165) is 24.2 Å². The summed E-state index contributed by atoms with van der Waals surface area (Å²) >= 11 is 0. The number of aryl methyl sites for hydroxylation is 1. The van der Waals surface area contributed by atoms with Crippen LogP contribution in [0.2, 0.25) is 0 Å². The average Bonchev–Trinajstić information content (AvgIpc) is 2.43. The smallest absolute Gasteiger partial charge is 0.137 e. The number of quaternary nitrogens is 1. The first kappa shape index (κ1) is 19.2. The van der Waals surface area contributed by atoms with Crippen LogP contribution in [0.25, 0.3) is 0 Å². The summed E-state index contributed by atoms with van der Waals surface area (Å²) in [6.45, 7) is 13.7. The highest BCUT2D eigenvalue weighted by Gasteiger charge is 2.49. The van der Waals surface area contributed by atoms with Crippen molar-refractivity contribution in [3.8, 4) is 5.75 Å². The predicted molar refractivity (Wildman–Crippen MR) is 96.6 cm³/mol. The van der Waals surface area contributed by atoms with Gasteiger partial charge in [-0.2, -0.15) is 0 Å². The summed E-state index contributed by atoms with van der Waals surface area (Å²) in [5, 5.41) is 20.7. The number of piperidine rings is 1. The molecule has 1 aromatic carbocycles. The molecule has 0 amide bonds. The maximum atomic E-state index is 10.5. The van der Waals surface area contributed by atoms with Gasteiger partial charge in [0.25, 0.3) is 0 Å². The number of aliphatic hydroxyl groups is 2. The van der Waals surface area contributed by atoms with Crippen LogP contribution >= 0.6 is 0 Å². The van der Waals surface area contributed by atoms with Crippen molar-refractivity contribution in [2.45, 2.75) is 77.7 Å². The average molecular weight is 336 g/mol. The van der Waals surface area contributed by atoms with E-state index >= 15 is 0 Å². The second kappa shape index (κ2) is 7.03. The Bertz CT molecular complexity index is 550. The Labute approximate surface area is 146 Å². The van der Waals surface area contributed by atoms with Crippen LogP contribution in [0, 0.1) is 13.8 Å². The molecule has 24 heavy (non-hydrogen) atoms. The minimum atomic E-state index is -0.534. The third-order valence-corrected chi connectivity index (χ3v) is 5.55. The van der Waals surface area contributed by atoms with Crippen LogP contribution < -0.4 is 9.64 Å². The number of hydrogen-bond acceptors (Lipinski definition) is 3. The van der Waals surface area contributed by atoms with E-state index in [9.17, 15) is 10.2 Å². The summed E-state index contributed by atoms with van der Waals surface area (Å²) in [6.07, 6.45) is 0.725. The molecule has 3 N–H and O–H groups in total. The summed E-state index contributed by atoms with van der Waals surface area (Å²) in [5.41, 5.74) is 2.18. The first-order valence-electron chi connectivity index (χ1n) is 8.95. The topological polar surface area (TPSA) is 54.1 Å². The predicted octanol–water partition coefficient (Wildman–Crippen LogP) is 1.64. The molecule has 4 heteroatoms. The van der Waals surface area contributed by atoms with Crippen LogP contribution in [0.4, 0.5) is 0 Å². The van der Waals surface area contributed by atoms with Crippen molar-refractivity contribution in [1.29, 1.82) is 0 Å². The van der Waals surface area contributed by atoms with Crippen molar-refractivity contribution in [3.63, 3.8) is 0 Å². The molecule has 136 valence electrons. The molecule has 0 aliphatic carbocycles. The van der Waals surface area contributed by atoms with Gasteiger partial charge in [0, 0.05) is 12.8 Å². The summed E-state index contributed by atoms with van der Waals surface area (Å²) in [6, 6.07) is 5.99. The van der Waals surface area contributed by atoms with Gasteiger partial charge in [-0.1, -0.05) is 12.1 Å². The lowest BCUT2D eigenvalue weighted by atomic mass is 9.78. The highest BCUT2D eigenvalue weighted by molar-refractivity contribution is 5.38. The van der Waals surface area contributed by atoms with Crippen LogP contribution in [0.15, 0.2) is 18.2 Å².